The van der Waals surface area contributed by atoms with Crippen LogP contribution in [0.5, 0.6) is 0 Å². The van der Waals surface area contributed by atoms with Crippen LogP contribution in [0.15, 0.2) is 30.7 Å². The summed E-state index contributed by atoms with van der Waals surface area (Å²) in [4.78, 5) is 4.14. The van der Waals surface area contributed by atoms with Gasteiger partial charge in [-0.25, -0.2) is 13.8 Å². The molecule has 1 N–H and O–H groups in total. The van der Waals surface area contributed by atoms with E-state index >= 15 is 0 Å². The number of halogens is 2. The van der Waals surface area contributed by atoms with E-state index in [1.807, 2.05) is 6.20 Å². The van der Waals surface area contributed by atoms with Gasteiger partial charge in [-0.15, -0.1) is 0 Å². The van der Waals surface area contributed by atoms with E-state index in [4.69, 9.17) is 0 Å². The zero-order chi connectivity index (χ0) is 14.9. The molecule has 3 rings (SSSR count). The molecule has 0 spiro atoms. The topological polar surface area (TPSA) is 29.9 Å². The zero-order valence-electron chi connectivity index (χ0n) is 12.1. The average molecular weight is 291 g/mol. The predicted molar refractivity (Wildman–Crippen MR) is 76.6 cm³/mol. The van der Waals surface area contributed by atoms with Crippen molar-refractivity contribution in [3.8, 4) is 0 Å². The molecule has 3 nitrogen and oxygen atoms in total. The summed E-state index contributed by atoms with van der Waals surface area (Å²) in [5.74, 6) is -0.999. The Morgan fingerprint density at radius 3 is 2.76 bits per heavy atom. The first-order valence-electron chi connectivity index (χ1n) is 7.34. The van der Waals surface area contributed by atoms with E-state index in [0.717, 1.165) is 37.6 Å². The highest BCUT2D eigenvalue weighted by Crippen LogP contribution is 2.42. The number of imidazole rings is 1. The lowest BCUT2D eigenvalue weighted by atomic mass is 9.71. The fourth-order valence-corrected chi connectivity index (χ4v) is 2.99. The molecule has 0 saturated heterocycles. The second kappa shape index (κ2) is 5.56. The van der Waals surface area contributed by atoms with Crippen molar-refractivity contribution < 1.29 is 8.78 Å². The molecule has 0 bridgehead atoms. The van der Waals surface area contributed by atoms with Crippen LogP contribution in [0.4, 0.5) is 8.78 Å². The van der Waals surface area contributed by atoms with Crippen LogP contribution in [0.3, 0.4) is 0 Å². The third-order valence-corrected chi connectivity index (χ3v) is 4.40. The molecule has 1 aromatic heterocycles. The SMILES string of the molecule is CCn1cncc1CNC1(c2ccc(F)cc2F)CCC1. The summed E-state index contributed by atoms with van der Waals surface area (Å²) >= 11 is 0. The molecule has 0 radical (unpaired) electrons. The van der Waals surface area contributed by atoms with E-state index in [1.165, 1.54) is 6.07 Å². The van der Waals surface area contributed by atoms with Gasteiger partial charge in [0.05, 0.1) is 12.0 Å². The molecule has 0 aliphatic heterocycles. The molecule has 1 aliphatic rings. The average Bonchev–Trinajstić information content (AvgIpc) is 2.87. The van der Waals surface area contributed by atoms with Crippen molar-refractivity contribution in [2.24, 2.45) is 0 Å². The van der Waals surface area contributed by atoms with Crippen LogP contribution >= 0.6 is 0 Å². The number of hydrogen-bond acceptors (Lipinski definition) is 2. The van der Waals surface area contributed by atoms with Crippen molar-refractivity contribution in [2.75, 3.05) is 0 Å². The van der Waals surface area contributed by atoms with Gasteiger partial charge in [-0.05, 0) is 32.3 Å². The minimum atomic E-state index is -0.533. The largest absolute Gasteiger partial charge is 0.334 e. The Morgan fingerprint density at radius 1 is 1.33 bits per heavy atom. The molecular formula is C16H19F2N3. The Balaban J connectivity index is 1.81. The number of aromatic nitrogens is 2. The van der Waals surface area contributed by atoms with Gasteiger partial charge < -0.3 is 9.88 Å². The summed E-state index contributed by atoms with van der Waals surface area (Å²) in [5.41, 5.74) is 1.27. The lowest BCUT2D eigenvalue weighted by Gasteiger charge is -2.43. The number of rotatable bonds is 5. The van der Waals surface area contributed by atoms with Gasteiger partial charge in [0.25, 0.3) is 0 Å². The highest BCUT2D eigenvalue weighted by molar-refractivity contribution is 5.29. The van der Waals surface area contributed by atoms with Crippen LogP contribution in [0.1, 0.15) is 37.4 Å². The van der Waals surface area contributed by atoms with E-state index in [9.17, 15) is 8.78 Å². The highest BCUT2D eigenvalue weighted by Gasteiger charge is 2.40. The van der Waals surface area contributed by atoms with Crippen LogP contribution in [0, 0.1) is 11.6 Å². The number of hydrogen-bond donors (Lipinski definition) is 1. The minimum absolute atomic E-state index is 0.374. The van der Waals surface area contributed by atoms with E-state index < -0.39 is 11.6 Å². The van der Waals surface area contributed by atoms with Crippen LogP contribution in [-0.2, 0) is 18.6 Å². The second-order valence-corrected chi connectivity index (χ2v) is 5.58. The quantitative estimate of drug-likeness (QED) is 0.915. The molecule has 0 unspecified atom stereocenters. The first-order valence-corrected chi connectivity index (χ1v) is 7.34. The van der Waals surface area contributed by atoms with Gasteiger partial charge in [-0.3, -0.25) is 0 Å². The van der Waals surface area contributed by atoms with Crippen LogP contribution in [0.25, 0.3) is 0 Å². The van der Waals surface area contributed by atoms with E-state index in [2.05, 4.69) is 21.8 Å². The first kappa shape index (κ1) is 14.2. The number of aryl methyl sites for hydroxylation is 1. The second-order valence-electron chi connectivity index (χ2n) is 5.58. The van der Waals surface area contributed by atoms with Gasteiger partial charge in [0.1, 0.15) is 11.6 Å². The van der Waals surface area contributed by atoms with Crippen molar-refractivity contribution in [3.63, 3.8) is 0 Å². The molecule has 2 aromatic rings. The predicted octanol–water partition coefficient (Wildman–Crippen LogP) is 3.35. The Morgan fingerprint density at radius 2 is 2.14 bits per heavy atom. The third kappa shape index (κ3) is 2.58. The number of benzene rings is 1. The van der Waals surface area contributed by atoms with Gasteiger partial charge >= 0.3 is 0 Å². The highest BCUT2D eigenvalue weighted by atomic mass is 19.1. The van der Waals surface area contributed by atoms with Crippen molar-refractivity contribution in [2.45, 2.75) is 44.8 Å². The molecule has 5 heteroatoms. The summed E-state index contributed by atoms with van der Waals surface area (Å²) in [6.45, 7) is 3.55. The molecule has 0 atom stereocenters. The maximum absolute atomic E-state index is 14.1. The maximum Gasteiger partial charge on any atom is 0.131 e. The molecule has 1 aromatic carbocycles. The van der Waals surface area contributed by atoms with Crippen molar-refractivity contribution >= 4 is 0 Å². The molecule has 21 heavy (non-hydrogen) atoms. The summed E-state index contributed by atoms with van der Waals surface area (Å²) in [6.07, 6.45) is 6.41. The molecule has 1 fully saturated rings. The van der Waals surface area contributed by atoms with Crippen molar-refractivity contribution in [1.82, 2.24) is 14.9 Å². The van der Waals surface area contributed by atoms with Gasteiger partial charge in [0.2, 0.25) is 0 Å². The third-order valence-electron chi connectivity index (χ3n) is 4.40. The maximum atomic E-state index is 14.1. The van der Waals surface area contributed by atoms with E-state index in [0.29, 0.717) is 12.1 Å². The van der Waals surface area contributed by atoms with Crippen molar-refractivity contribution in [1.29, 1.82) is 0 Å². The molecule has 0 amide bonds. The Labute approximate surface area is 123 Å². The smallest absolute Gasteiger partial charge is 0.131 e. The van der Waals surface area contributed by atoms with Crippen LogP contribution < -0.4 is 5.32 Å². The van der Waals surface area contributed by atoms with Gasteiger partial charge in [0.15, 0.2) is 0 Å². The number of nitrogens with one attached hydrogen (secondary N) is 1. The lowest BCUT2D eigenvalue weighted by molar-refractivity contribution is 0.175. The monoisotopic (exact) mass is 291 g/mol. The molecule has 112 valence electrons. The summed E-state index contributed by atoms with van der Waals surface area (Å²) in [6, 6.07) is 3.86. The van der Waals surface area contributed by atoms with Crippen LogP contribution in [0.2, 0.25) is 0 Å². The van der Waals surface area contributed by atoms with Gasteiger partial charge in [-0.2, -0.15) is 0 Å². The Hall–Kier alpha value is -1.75. The molecule has 1 aliphatic carbocycles. The summed E-state index contributed by atoms with van der Waals surface area (Å²) in [5, 5.41) is 3.46. The first-order chi connectivity index (χ1) is 10.1. The summed E-state index contributed by atoms with van der Waals surface area (Å²) in [7, 11) is 0. The number of nitrogens with zero attached hydrogens (tertiary/aromatic N) is 2. The van der Waals surface area contributed by atoms with Crippen molar-refractivity contribution in [3.05, 3.63) is 53.6 Å². The van der Waals surface area contributed by atoms with Gasteiger partial charge in [0, 0.05) is 36.5 Å². The van der Waals surface area contributed by atoms with E-state index in [-0.39, 0.29) is 5.54 Å². The molecular weight excluding hydrogens is 272 g/mol. The molecule has 1 heterocycles. The van der Waals surface area contributed by atoms with E-state index in [1.54, 1.807) is 12.4 Å². The normalized spacial score (nSPS) is 16.7. The standard InChI is InChI=1S/C16H19F2N3/c1-2-21-11-19-9-13(21)10-20-16(6-3-7-16)14-5-4-12(17)8-15(14)18/h4-5,8-9,11,20H,2-3,6-7,10H2,1H3. The molecule has 1 saturated carbocycles. The fourth-order valence-electron chi connectivity index (χ4n) is 2.99. The lowest BCUT2D eigenvalue weighted by Crippen LogP contribution is -2.48. The van der Waals surface area contributed by atoms with Gasteiger partial charge in [-0.1, -0.05) is 6.07 Å². The minimum Gasteiger partial charge on any atom is -0.334 e. The fraction of sp³-hybridized carbons (Fsp3) is 0.438. The van der Waals surface area contributed by atoms with Crippen LogP contribution in [-0.4, -0.2) is 9.55 Å². The Bertz CT molecular complexity index is 632. The summed E-state index contributed by atoms with van der Waals surface area (Å²) < 4.78 is 29.2. The zero-order valence-corrected chi connectivity index (χ0v) is 12.1. The Kier molecular flexibility index (Phi) is 3.76.